The zero-order chi connectivity index (χ0) is 13.3. The van der Waals surface area contributed by atoms with Gasteiger partial charge >= 0.3 is 0 Å². The molecule has 0 fully saturated rings. The van der Waals surface area contributed by atoms with Gasteiger partial charge in [-0.25, -0.2) is 0 Å². The van der Waals surface area contributed by atoms with Crippen molar-refractivity contribution < 1.29 is 4.79 Å². The minimum absolute atomic E-state index is 0.179. The molecule has 0 saturated carbocycles. The summed E-state index contributed by atoms with van der Waals surface area (Å²) in [6, 6.07) is 5.03. The molecule has 1 aromatic heterocycles. The van der Waals surface area contributed by atoms with E-state index in [0.29, 0.717) is 0 Å². The Labute approximate surface area is 106 Å². The number of anilines is 1. The lowest BCUT2D eigenvalue weighted by atomic mass is 9.87. The van der Waals surface area contributed by atoms with Crippen LogP contribution in [0.3, 0.4) is 0 Å². The third-order valence-electron chi connectivity index (χ3n) is 2.92. The third kappa shape index (κ3) is 2.51. The Bertz CT molecular complexity index is 568. The fraction of sp³-hybridized carbons (Fsp3) is 0.385. The summed E-state index contributed by atoms with van der Waals surface area (Å²) in [6.45, 7) is 5.82. The van der Waals surface area contributed by atoms with Crippen molar-refractivity contribution in [2.75, 3.05) is 5.32 Å². The summed E-state index contributed by atoms with van der Waals surface area (Å²) in [5, 5.41) is 10.6. The molecule has 0 unspecified atom stereocenters. The number of H-pyrrole nitrogens is 1. The first-order chi connectivity index (χ1) is 8.38. The minimum Gasteiger partial charge on any atom is -0.325 e. The molecule has 18 heavy (non-hydrogen) atoms. The second-order valence-electron chi connectivity index (χ2n) is 5.50. The molecule has 5 heteroatoms. The maximum atomic E-state index is 12.0. The van der Waals surface area contributed by atoms with Crippen molar-refractivity contribution in [2.45, 2.75) is 26.8 Å². The van der Waals surface area contributed by atoms with E-state index in [9.17, 15) is 4.79 Å². The minimum atomic E-state index is -0.546. The Morgan fingerprint density at radius 3 is 2.83 bits per heavy atom. The molecule has 1 amide bonds. The number of hydrogen-bond acceptors (Lipinski definition) is 3. The molecule has 0 saturated heterocycles. The number of hydrogen-bond donors (Lipinski definition) is 3. The highest BCUT2D eigenvalue weighted by Crippen LogP contribution is 2.20. The Kier molecular flexibility index (Phi) is 3.09. The molecule has 0 radical (unpaired) electrons. The zero-order valence-electron chi connectivity index (χ0n) is 10.8. The van der Waals surface area contributed by atoms with Crippen molar-refractivity contribution in [2.24, 2.45) is 11.1 Å². The molecule has 0 aliphatic rings. The van der Waals surface area contributed by atoms with E-state index in [-0.39, 0.29) is 11.3 Å². The number of amides is 1. The van der Waals surface area contributed by atoms with Crippen molar-refractivity contribution >= 4 is 22.5 Å². The number of nitrogens with zero attached hydrogens (tertiary/aromatic N) is 1. The van der Waals surface area contributed by atoms with Crippen molar-refractivity contribution in [1.29, 1.82) is 0 Å². The van der Waals surface area contributed by atoms with Crippen LogP contribution in [0.5, 0.6) is 0 Å². The van der Waals surface area contributed by atoms with E-state index in [1.165, 1.54) is 0 Å². The molecule has 0 bridgehead atoms. The third-order valence-corrected chi connectivity index (χ3v) is 2.92. The topological polar surface area (TPSA) is 83.8 Å². The van der Waals surface area contributed by atoms with Gasteiger partial charge in [0.05, 0.1) is 17.8 Å². The van der Waals surface area contributed by atoms with E-state index in [1.54, 1.807) is 6.20 Å². The van der Waals surface area contributed by atoms with Gasteiger partial charge in [0.15, 0.2) is 0 Å². The van der Waals surface area contributed by atoms with Gasteiger partial charge in [0, 0.05) is 11.1 Å². The summed E-state index contributed by atoms with van der Waals surface area (Å²) >= 11 is 0. The quantitative estimate of drug-likeness (QED) is 0.756. The second kappa shape index (κ2) is 4.42. The molecule has 0 aliphatic carbocycles. The van der Waals surface area contributed by atoms with Gasteiger partial charge in [-0.1, -0.05) is 20.8 Å². The van der Waals surface area contributed by atoms with Crippen molar-refractivity contribution in [3.8, 4) is 0 Å². The summed E-state index contributed by atoms with van der Waals surface area (Å²) in [7, 11) is 0. The Morgan fingerprint density at radius 2 is 2.17 bits per heavy atom. The summed E-state index contributed by atoms with van der Waals surface area (Å²) in [5.41, 5.74) is 7.25. The Balaban J connectivity index is 2.16. The van der Waals surface area contributed by atoms with Crippen molar-refractivity contribution in [1.82, 2.24) is 10.2 Å². The summed E-state index contributed by atoms with van der Waals surface area (Å²) in [6.07, 6.45) is 1.74. The second-order valence-corrected chi connectivity index (χ2v) is 5.50. The van der Waals surface area contributed by atoms with E-state index in [4.69, 9.17) is 5.73 Å². The van der Waals surface area contributed by atoms with E-state index in [0.717, 1.165) is 16.6 Å². The van der Waals surface area contributed by atoms with Crippen LogP contribution in [0, 0.1) is 5.41 Å². The van der Waals surface area contributed by atoms with Gasteiger partial charge in [0.1, 0.15) is 0 Å². The highest BCUT2D eigenvalue weighted by Gasteiger charge is 2.27. The lowest BCUT2D eigenvalue weighted by Gasteiger charge is -2.25. The number of carbonyl (C=O) groups is 1. The zero-order valence-corrected chi connectivity index (χ0v) is 10.8. The first-order valence-corrected chi connectivity index (χ1v) is 5.87. The summed E-state index contributed by atoms with van der Waals surface area (Å²) in [4.78, 5) is 12.0. The van der Waals surface area contributed by atoms with E-state index in [2.05, 4.69) is 15.5 Å². The van der Waals surface area contributed by atoms with Gasteiger partial charge < -0.3 is 11.1 Å². The number of carbonyl (C=O) groups excluding carboxylic acids is 1. The SMILES string of the molecule is CC(C)(C)[C@H](N)C(=O)Nc1ccc2cn[nH]c2c1. The average molecular weight is 246 g/mol. The smallest absolute Gasteiger partial charge is 0.241 e. The monoisotopic (exact) mass is 246 g/mol. The van der Waals surface area contributed by atoms with E-state index >= 15 is 0 Å². The van der Waals surface area contributed by atoms with Crippen LogP contribution in [-0.2, 0) is 4.79 Å². The highest BCUT2D eigenvalue weighted by molar-refractivity contribution is 5.96. The van der Waals surface area contributed by atoms with Crippen LogP contribution in [0.15, 0.2) is 24.4 Å². The van der Waals surface area contributed by atoms with Crippen LogP contribution in [0.1, 0.15) is 20.8 Å². The molecule has 0 aliphatic heterocycles. The van der Waals surface area contributed by atoms with Gasteiger partial charge in [-0.15, -0.1) is 0 Å². The maximum absolute atomic E-state index is 12.0. The fourth-order valence-corrected chi connectivity index (χ4v) is 1.63. The maximum Gasteiger partial charge on any atom is 0.241 e. The van der Waals surface area contributed by atoms with Crippen molar-refractivity contribution in [3.05, 3.63) is 24.4 Å². The van der Waals surface area contributed by atoms with Gasteiger partial charge in [0.25, 0.3) is 0 Å². The molecular formula is C13H18N4O. The molecule has 96 valence electrons. The van der Waals surface area contributed by atoms with E-state index < -0.39 is 6.04 Å². The van der Waals surface area contributed by atoms with Crippen LogP contribution in [0.2, 0.25) is 0 Å². The number of aromatic amines is 1. The highest BCUT2D eigenvalue weighted by atomic mass is 16.2. The summed E-state index contributed by atoms with van der Waals surface area (Å²) in [5.74, 6) is -0.179. The van der Waals surface area contributed by atoms with Gasteiger partial charge in [-0.05, 0) is 23.6 Å². The number of nitrogens with two attached hydrogens (primary N) is 1. The Morgan fingerprint density at radius 1 is 1.44 bits per heavy atom. The lowest BCUT2D eigenvalue weighted by molar-refractivity contribution is -0.119. The normalized spacial score (nSPS) is 13.6. The van der Waals surface area contributed by atoms with Crippen LogP contribution < -0.4 is 11.1 Å². The molecule has 1 aromatic carbocycles. The van der Waals surface area contributed by atoms with Crippen LogP contribution in [-0.4, -0.2) is 22.1 Å². The number of rotatable bonds is 2. The average Bonchev–Trinajstić information content (AvgIpc) is 2.73. The summed E-state index contributed by atoms with van der Waals surface area (Å²) < 4.78 is 0. The van der Waals surface area contributed by atoms with Crippen LogP contribution in [0.25, 0.3) is 10.9 Å². The van der Waals surface area contributed by atoms with Crippen LogP contribution in [0.4, 0.5) is 5.69 Å². The largest absolute Gasteiger partial charge is 0.325 e. The molecule has 1 atom stereocenters. The number of fused-ring (bicyclic) bond motifs is 1. The predicted octanol–water partition coefficient (Wildman–Crippen LogP) is 1.87. The van der Waals surface area contributed by atoms with Gasteiger partial charge in [-0.2, -0.15) is 5.10 Å². The molecule has 5 nitrogen and oxygen atoms in total. The molecule has 2 rings (SSSR count). The van der Waals surface area contributed by atoms with Gasteiger partial charge in [-0.3, -0.25) is 9.89 Å². The first kappa shape index (κ1) is 12.6. The van der Waals surface area contributed by atoms with Crippen LogP contribution >= 0.6 is 0 Å². The number of aromatic nitrogens is 2. The fourth-order valence-electron chi connectivity index (χ4n) is 1.63. The molecule has 2 aromatic rings. The van der Waals surface area contributed by atoms with Crippen molar-refractivity contribution in [3.63, 3.8) is 0 Å². The molecule has 0 spiro atoms. The molecule has 1 heterocycles. The lowest BCUT2D eigenvalue weighted by Crippen LogP contribution is -2.45. The number of nitrogens with one attached hydrogen (secondary N) is 2. The standard InChI is InChI=1S/C13H18N4O/c1-13(2,3)11(14)12(18)16-9-5-4-8-7-15-17-10(8)6-9/h4-7,11H,14H2,1-3H3,(H,15,17)(H,16,18)/t11-/m1/s1. The number of benzene rings is 1. The van der Waals surface area contributed by atoms with Gasteiger partial charge in [0.2, 0.25) is 5.91 Å². The van der Waals surface area contributed by atoms with E-state index in [1.807, 2.05) is 39.0 Å². The Hall–Kier alpha value is -1.88. The molecular weight excluding hydrogens is 228 g/mol. The predicted molar refractivity (Wildman–Crippen MR) is 72.2 cm³/mol. The first-order valence-electron chi connectivity index (χ1n) is 5.87. The molecule has 4 N–H and O–H groups in total.